The predicted molar refractivity (Wildman–Crippen MR) is 92.1 cm³/mol. The summed E-state index contributed by atoms with van der Waals surface area (Å²) >= 11 is 0. The molecule has 1 amide bonds. The molecule has 0 aliphatic heterocycles. The van der Waals surface area contributed by atoms with E-state index in [4.69, 9.17) is 0 Å². The zero-order valence-electron chi connectivity index (χ0n) is 13.9. The molecule has 0 spiro atoms. The largest absolute Gasteiger partial charge is 0.435 e. The minimum absolute atomic E-state index is 0.000494. The minimum Gasteiger partial charge on any atom is -0.435 e. The van der Waals surface area contributed by atoms with Gasteiger partial charge < -0.3 is 4.74 Å². The average molecular weight is 372 g/mol. The highest BCUT2D eigenvalue weighted by Gasteiger charge is 2.08. The third kappa shape index (κ3) is 5.39. The summed E-state index contributed by atoms with van der Waals surface area (Å²) in [5.74, 6) is -0.0634. The smallest absolute Gasteiger partial charge is 0.387 e. The zero-order valence-corrected chi connectivity index (χ0v) is 13.9. The molecule has 1 N–H and O–H groups in total. The minimum atomic E-state index is -2.91. The van der Waals surface area contributed by atoms with Gasteiger partial charge in [-0.2, -0.15) is 18.7 Å². The quantitative estimate of drug-likeness (QED) is 0.506. The zero-order chi connectivity index (χ0) is 19.1. The number of carbonyl (C=O) groups excluding carboxylic acids is 1. The van der Waals surface area contributed by atoms with Gasteiger partial charge in [0, 0.05) is 5.56 Å². The first-order chi connectivity index (χ1) is 13.1. The van der Waals surface area contributed by atoms with Crippen molar-refractivity contribution in [2.45, 2.75) is 13.2 Å². The SMILES string of the molecule is O=C(Cn1nnc(-c2ccccc2)n1)NN=Cc1cccc(OC(F)F)c1. The van der Waals surface area contributed by atoms with Crippen molar-refractivity contribution in [3.8, 4) is 17.1 Å². The third-order valence-electron chi connectivity index (χ3n) is 3.26. The van der Waals surface area contributed by atoms with Crippen molar-refractivity contribution in [2.24, 2.45) is 5.10 Å². The van der Waals surface area contributed by atoms with Crippen LogP contribution in [-0.4, -0.2) is 38.9 Å². The number of halogens is 2. The van der Waals surface area contributed by atoms with E-state index in [1.54, 1.807) is 6.07 Å². The molecule has 0 bridgehead atoms. The fourth-order valence-corrected chi connectivity index (χ4v) is 2.13. The molecule has 0 radical (unpaired) electrons. The molecule has 0 fully saturated rings. The number of nitrogens with zero attached hydrogens (tertiary/aromatic N) is 5. The number of hydrazone groups is 1. The number of alkyl halides is 2. The Hall–Kier alpha value is -3.69. The number of carbonyl (C=O) groups is 1. The van der Waals surface area contributed by atoms with Crippen LogP contribution in [0.15, 0.2) is 59.7 Å². The molecule has 3 rings (SSSR count). The first-order valence-corrected chi connectivity index (χ1v) is 7.80. The highest BCUT2D eigenvalue weighted by Crippen LogP contribution is 2.14. The van der Waals surface area contributed by atoms with Crippen molar-refractivity contribution >= 4 is 12.1 Å². The van der Waals surface area contributed by atoms with Crippen LogP contribution < -0.4 is 10.2 Å². The summed E-state index contributed by atoms with van der Waals surface area (Å²) < 4.78 is 28.7. The van der Waals surface area contributed by atoms with Crippen LogP contribution in [0.1, 0.15) is 5.56 Å². The normalized spacial score (nSPS) is 11.1. The van der Waals surface area contributed by atoms with E-state index in [0.29, 0.717) is 11.4 Å². The van der Waals surface area contributed by atoms with Crippen LogP contribution in [0.5, 0.6) is 5.75 Å². The van der Waals surface area contributed by atoms with E-state index in [0.717, 1.165) is 10.4 Å². The summed E-state index contributed by atoms with van der Waals surface area (Å²) in [6, 6.07) is 15.1. The van der Waals surface area contributed by atoms with E-state index < -0.39 is 12.5 Å². The van der Waals surface area contributed by atoms with E-state index >= 15 is 0 Å². The Bertz CT molecular complexity index is 930. The van der Waals surface area contributed by atoms with E-state index in [2.05, 4.69) is 30.7 Å². The van der Waals surface area contributed by atoms with Crippen LogP contribution in [0, 0.1) is 0 Å². The first-order valence-electron chi connectivity index (χ1n) is 7.80. The van der Waals surface area contributed by atoms with E-state index in [1.807, 2.05) is 30.3 Å². The van der Waals surface area contributed by atoms with Crippen LogP contribution in [0.25, 0.3) is 11.4 Å². The van der Waals surface area contributed by atoms with Gasteiger partial charge in [0.05, 0.1) is 6.21 Å². The van der Waals surface area contributed by atoms with Crippen molar-refractivity contribution in [2.75, 3.05) is 0 Å². The van der Waals surface area contributed by atoms with Crippen molar-refractivity contribution in [1.29, 1.82) is 0 Å². The van der Waals surface area contributed by atoms with Gasteiger partial charge in [-0.25, -0.2) is 5.43 Å². The summed E-state index contributed by atoms with van der Waals surface area (Å²) in [6.07, 6.45) is 1.31. The first kappa shape index (κ1) is 18.1. The predicted octanol–water partition coefficient (Wildman–Crippen LogP) is 2.09. The average Bonchev–Trinajstić information content (AvgIpc) is 3.11. The number of benzene rings is 2. The molecule has 0 aliphatic rings. The van der Waals surface area contributed by atoms with E-state index in [-0.39, 0.29) is 12.3 Å². The van der Waals surface area contributed by atoms with Gasteiger partial charge in [0.15, 0.2) is 0 Å². The molecule has 0 saturated heterocycles. The van der Waals surface area contributed by atoms with Gasteiger partial charge >= 0.3 is 6.61 Å². The van der Waals surface area contributed by atoms with Crippen molar-refractivity contribution in [3.05, 3.63) is 60.2 Å². The van der Waals surface area contributed by atoms with Crippen LogP contribution in [0.4, 0.5) is 8.78 Å². The van der Waals surface area contributed by atoms with Gasteiger partial charge in [0.2, 0.25) is 5.82 Å². The number of hydrogen-bond acceptors (Lipinski definition) is 6. The Morgan fingerprint density at radius 2 is 2.04 bits per heavy atom. The maximum atomic E-state index is 12.2. The number of amides is 1. The van der Waals surface area contributed by atoms with Crippen molar-refractivity contribution in [3.63, 3.8) is 0 Å². The lowest BCUT2D eigenvalue weighted by molar-refractivity contribution is -0.122. The number of tetrazole rings is 1. The maximum Gasteiger partial charge on any atom is 0.387 e. The number of aromatic nitrogens is 4. The van der Waals surface area contributed by atoms with Crippen molar-refractivity contribution < 1.29 is 18.3 Å². The molecule has 1 heterocycles. The second kappa shape index (κ2) is 8.61. The number of nitrogens with one attached hydrogen (secondary N) is 1. The lowest BCUT2D eigenvalue weighted by Gasteiger charge is -2.04. The lowest BCUT2D eigenvalue weighted by Crippen LogP contribution is -2.24. The summed E-state index contributed by atoms with van der Waals surface area (Å²) in [7, 11) is 0. The molecule has 0 unspecified atom stereocenters. The molecule has 1 aromatic heterocycles. The van der Waals surface area contributed by atoms with Gasteiger partial charge in [-0.1, -0.05) is 42.5 Å². The molecular weight excluding hydrogens is 358 g/mol. The molecule has 10 heteroatoms. The monoisotopic (exact) mass is 372 g/mol. The maximum absolute atomic E-state index is 12.2. The summed E-state index contributed by atoms with van der Waals surface area (Å²) in [6.45, 7) is -3.08. The highest BCUT2D eigenvalue weighted by atomic mass is 19.3. The van der Waals surface area contributed by atoms with Gasteiger partial charge in [-0.05, 0) is 22.9 Å². The molecule has 0 aliphatic carbocycles. The molecule has 138 valence electrons. The van der Waals surface area contributed by atoms with Crippen LogP contribution in [-0.2, 0) is 11.3 Å². The van der Waals surface area contributed by atoms with Gasteiger partial charge in [0.1, 0.15) is 12.3 Å². The molecule has 3 aromatic rings. The van der Waals surface area contributed by atoms with Gasteiger partial charge in [0.25, 0.3) is 5.91 Å². The summed E-state index contributed by atoms with van der Waals surface area (Å²) in [5.41, 5.74) is 3.57. The lowest BCUT2D eigenvalue weighted by atomic mass is 10.2. The number of hydrogen-bond donors (Lipinski definition) is 1. The second-order valence-electron chi connectivity index (χ2n) is 5.25. The van der Waals surface area contributed by atoms with Crippen LogP contribution >= 0.6 is 0 Å². The Kier molecular flexibility index (Phi) is 5.77. The number of ether oxygens (including phenoxy) is 1. The second-order valence-corrected chi connectivity index (χ2v) is 5.25. The summed E-state index contributed by atoms with van der Waals surface area (Å²) in [4.78, 5) is 13.0. The fraction of sp³-hybridized carbons (Fsp3) is 0.118. The highest BCUT2D eigenvalue weighted by molar-refractivity contribution is 5.82. The van der Waals surface area contributed by atoms with Crippen LogP contribution in [0.2, 0.25) is 0 Å². The fourth-order valence-electron chi connectivity index (χ4n) is 2.13. The van der Waals surface area contributed by atoms with Gasteiger partial charge in [-0.15, -0.1) is 10.2 Å². The van der Waals surface area contributed by atoms with E-state index in [1.165, 1.54) is 24.4 Å². The Morgan fingerprint density at radius 3 is 2.81 bits per heavy atom. The molecule has 0 saturated carbocycles. The Balaban J connectivity index is 1.54. The molecule has 8 nitrogen and oxygen atoms in total. The topological polar surface area (TPSA) is 94.3 Å². The molecular formula is C17H14F2N6O2. The van der Waals surface area contributed by atoms with Gasteiger partial charge in [-0.3, -0.25) is 4.79 Å². The Labute approximate surface area is 152 Å². The van der Waals surface area contributed by atoms with Crippen LogP contribution in [0.3, 0.4) is 0 Å². The molecule has 0 atom stereocenters. The molecule has 27 heavy (non-hydrogen) atoms. The van der Waals surface area contributed by atoms with Crippen molar-refractivity contribution in [1.82, 2.24) is 25.6 Å². The van der Waals surface area contributed by atoms with E-state index in [9.17, 15) is 13.6 Å². The standard InChI is InChI=1S/C17H14F2N6O2/c18-17(19)27-14-8-4-5-12(9-14)10-20-21-15(26)11-25-23-16(22-24-25)13-6-2-1-3-7-13/h1-10,17H,11H2,(H,21,26). The summed E-state index contributed by atoms with van der Waals surface area (Å²) in [5, 5.41) is 15.6. The number of rotatable bonds is 7. The molecule has 2 aromatic carbocycles. The third-order valence-corrected chi connectivity index (χ3v) is 3.26. The Morgan fingerprint density at radius 1 is 1.22 bits per heavy atom.